The first kappa shape index (κ1) is 17.3. The van der Waals surface area contributed by atoms with Crippen LogP contribution < -0.4 is 21.1 Å². The Morgan fingerprint density at radius 2 is 2.00 bits per heavy atom. The van der Waals surface area contributed by atoms with Crippen molar-refractivity contribution in [2.45, 2.75) is 31.7 Å². The Labute approximate surface area is 125 Å². The summed E-state index contributed by atoms with van der Waals surface area (Å²) in [6, 6.07) is 4.50. The normalized spacial score (nSPS) is 11.5. The molecule has 0 fully saturated rings. The predicted molar refractivity (Wildman–Crippen MR) is 83.4 cm³/mol. The van der Waals surface area contributed by atoms with E-state index in [0.29, 0.717) is 12.2 Å². The average Bonchev–Trinajstić information content (AvgIpc) is 2.33. The number of nitrogens with two attached hydrogens (primary N) is 2. The molecule has 0 aliphatic rings. The van der Waals surface area contributed by atoms with Gasteiger partial charge in [-0.25, -0.2) is 13.6 Å². The molecule has 0 spiro atoms. The topological polar surface area (TPSA) is 119 Å². The summed E-state index contributed by atoms with van der Waals surface area (Å²) in [7, 11) is -3.84. The second kappa shape index (κ2) is 6.77. The van der Waals surface area contributed by atoms with Gasteiger partial charge in [0, 0.05) is 18.3 Å². The molecule has 0 radical (unpaired) electrons. The highest BCUT2D eigenvalue weighted by molar-refractivity contribution is 7.89. The first-order valence-electron chi connectivity index (χ1n) is 6.61. The lowest BCUT2D eigenvalue weighted by atomic mass is 10.2. The number of hydrogen-bond acceptors (Lipinski definition) is 5. The van der Waals surface area contributed by atoms with Gasteiger partial charge in [0.25, 0.3) is 0 Å². The van der Waals surface area contributed by atoms with Crippen molar-refractivity contribution in [2.75, 3.05) is 23.7 Å². The lowest BCUT2D eigenvalue weighted by Gasteiger charge is -2.23. The van der Waals surface area contributed by atoms with E-state index >= 15 is 0 Å². The minimum Gasteiger partial charge on any atom is -0.398 e. The predicted octanol–water partition coefficient (Wildman–Crippen LogP) is 0.267. The van der Waals surface area contributed by atoms with Gasteiger partial charge >= 0.3 is 0 Å². The van der Waals surface area contributed by atoms with Gasteiger partial charge in [-0.05, 0) is 39.0 Å². The Morgan fingerprint density at radius 3 is 2.43 bits per heavy atom. The molecule has 0 unspecified atom stereocenters. The standard InChI is InChI=1S/C13H22N4O3S/c1-4-17(8-13(18)16-9(2)3)10-5-6-12(11(14)7-10)21(15,19)20/h5-7,9H,4,8,14H2,1-3H3,(H,16,18)(H2,15,19,20). The number of hydrogen-bond donors (Lipinski definition) is 3. The quantitative estimate of drug-likeness (QED) is 0.651. The third-order valence-corrected chi connectivity index (χ3v) is 3.82. The number of anilines is 2. The minimum absolute atomic E-state index is 0.0611. The fraction of sp³-hybridized carbons (Fsp3) is 0.462. The molecule has 1 aromatic carbocycles. The molecule has 0 aliphatic carbocycles. The van der Waals surface area contributed by atoms with Crippen LogP contribution in [0, 0.1) is 0 Å². The van der Waals surface area contributed by atoms with Gasteiger partial charge in [-0.2, -0.15) is 0 Å². The smallest absolute Gasteiger partial charge is 0.240 e. The maximum atomic E-state index is 11.8. The van der Waals surface area contributed by atoms with E-state index in [1.807, 2.05) is 20.8 Å². The number of primary sulfonamides is 1. The van der Waals surface area contributed by atoms with E-state index in [4.69, 9.17) is 10.9 Å². The lowest BCUT2D eigenvalue weighted by molar-refractivity contribution is -0.120. The highest BCUT2D eigenvalue weighted by Gasteiger charge is 2.16. The Balaban J connectivity index is 2.97. The second-order valence-corrected chi connectivity index (χ2v) is 6.53. The van der Waals surface area contributed by atoms with Gasteiger partial charge in [0.1, 0.15) is 4.90 Å². The van der Waals surface area contributed by atoms with Crippen LogP contribution in [0.2, 0.25) is 0 Å². The highest BCUT2D eigenvalue weighted by Crippen LogP contribution is 2.24. The fourth-order valence-corrected chi connectivity index (χ4v) is 2.56. The average molecular weight is 314 g/mol. The van der Waals surface area contributed by atoms with Crippen LogP contribution in [0.4, 0.5) is 11.4 Å². The highest BCUT2D eigenvalue weighted by atomic mass is 32.2. The van der Waals surface area contributed by atoms with Gasteiger partial charge in [0.05, 0.1) is 12.2 Å². The summed E-state index contributed by atoms with van der Waals surface area (Å²) in [5.74, 6) is -0.110. The molecule has 0 saturated heterocycles. The summed E-state index contributed by atoms with van der Waals surface area (Å²) < 4.78 is 22.6. The number of benzene rings is 1. The maximum absolute atomic E-state index is 11.8. The molecule has 0 aromatic heterocycles. The number of likely N-dealkylation sites (N-methyl/N-ethyl adjacent to an activating group) is 1. The number of nitrogens with zero attached hydrogens (tertiary/aromatic N) is 1. The van der Waals surface area contributed by atoms with Gasteiger partial charge in [-0.15, -0.1) is 0 Å². The second-order valence-electron chi connectivity index (χ2n) is 5.00. The summed E-state index contributed by atoms with van der Waals surface area (Å²) in [6.07, 6.45) is 0. The number of carbonyl (C=O) groups excluding carboxylic acids is 1. The van der Waals surface area contributed by atoms with E-state index in [9.17, 15) is 13.2 Å². The zero-order valence-corrected chi connectivity index (χ0v) is 13.3. The molecular formula is C13H22N4O3S. The first-order valence-corrected chi connectivity index (χ1v) is 8.16. The lowest BCUT2D eigenvalue weighted by Crippen LogP contribution is -2.40. The van der Waals surface area contributed by atoms with E-state index in [1.54, 1.807) is 11.0 Å². The molecule has 0 bridgehead atoms. The van der Waals surface area contributed by atoms with Gasteiger partial charge in [-0.1, -0.05) is 0 Å². The van der Waals surface area contributed by atoms with E-state index in [-0.39, 0.29) is 29.1 Å². The van der Waals surface area contributed by atoms with Gasteiger partial charge < -0.3 is 16.0 Å². The van der Waals surface area contributed by atoms with E-state index in [0.717, 1.165) is 0 Å². The minimum atomic E-state index is -3.84. The van der Waals surface area contributed by atoms with Gasteiger partial charge in [0.15, 0.2) is 0 Å². The van der Waals surface area contributed by atoms with Crippen LogP contribution in [0.5, 0.6) is 0 Å². The summed E-state index contributed by atoms with van der Waals surface area (Å²) in [5, 5.41) is 7.87. The first-order chi connectivity index (χ1) is 9.65. The molecule has 8 heteroatoms. The molecule has 118 valence electrons. The van der Waals surface area contributed by atoms with E-state index < -0.39 is 10.0 Å². The molecule has 1 amide bonds. The van der Waals surface area contributed by atoms with Crippen molar-refractivity contribution in [3.8, 4) is 0 Å². The van der Waals surface area contributed by atoms with E-state index in [1.165, 1.54) is 12.1 Å². The Morgan fingerprint density at radius 1 is 1.38 bits per heavy atom. The molecule has 1 aromatic rings. The largest absolute Gasteiger partial charge is 0.398 e. The van der Waals surface area contributed by atoms with E-state index in [2.05, 4.69) is 5.32 Å². The van der Waals surface area contributed by atoms with Crippen LogP contribution in [-0.2, 0) is 14.8 Å². The van der Waals surface area contributed by atoms with Crippen LogP contribution in [-0.4, -0.2) is 33.5 Å². The van der Waals surface area contributed by atoms with Gasteiger partial charge in [-0.3, -0.25) is 4.79 Å². The summed E-state index contributed by atoms with van der Waals surface area (Å²) in [4.78, 5) is 13.5. The van der Waals surface area contributed by atoms with Crippen LogP contribution in [0.1, 0.15) is 20.8 Å². The third-order valence-electron chi connectivity index (χ3n) is 2.83. The molecule has 0 saturated carbocycles. The Kier molecular flexibility index (Phi) is 5.56. The molecule has 1 rings (SSSR count). The Hall–Kier alpha value is -1.80. The monoisotopic (exact) mass is 314 g/mol. The number of rotatable bonds is 6. The number of nitrogen functional groups attached to an aromatic ring is 1. The fourth-order valence-electron chi connectivity index (χ4n) is 1.92. The molecule has 5 N–H and O–H groups in total. The van der Waals surface area contributed by atoms with Crippen molar-refractivity contribution < 1.29 is 13.2 Å². The Bertz CT molecular complexity index is 614. The SMILES string of the molecule is CCN(CC(=O)NC(C)C)c1ccc(S(N)(=O)=O)c(N)c1. The zero-order chi connectivity index (χ0) is 16.2. The van der Waals surface area contributed by atoms with Crippen molar-refractivity contribution in [3.63, 3.8) is 0 Å². The number of sulfonamides is 1. The van der Waals surface area contributed by atoms with Crippen molar-refractivity contribution in [1.82, 2.24) is 5.32 Å². The third kappa shape index (κ3) is 4.91. The summed E-state index contributed by atoms with van der Waals surface area (Å²) in [5.41, 5.74) is 6.46. The van der Waals surface area contributed by atoms with Crippen LogP contribution >= 0.6 is 0 Å². The molecule has 21 heavy (non-hydrogen) atoms. The van der Waals surface area contributed by atoms with Crippen LogP contribution in [0.15, 0.2) is 23.1 Å². The molecular weight excluding hydrogens is 292 g/mol. The number of amides is 1. The molecule has 0 aliphatic heterocycles. The van der Waals surface area contributed by atoms with Crippen LogP contribution in [0.25, 0.3) is 0 Å². The number of carbonyl (C=O) groups is 1. The molecule has 0 atom stereocenters. The van der Waals surface area contributed by atoms with Crippen LogP contribution in [0.3, 0.4) is 0 Å². The summed E-state index contributed by atoms with van der Waals surface area (Å²) >= 11 is 0. The van der Waals surface area contributed by atoms with Crippen molar-refractivity contribution >= 4 is 27.3 Å². The molecule has 0 heterocycles. The number of nitrogens with one attached hydrogen (secondary N) is 1. The van der Waals surface area contributed by atoms with Gasteiger partial charge in [0.2, 0.25) is 15.9 Å². The molecule has 7 nitrogen and oxygen atoms in total. The van der Waals surface area contributed by atoms with Crippen molar-refractivity contribution in [3.05, 3.63) is 18.2 Å². The zero-order valence-electron chi connectivity index (χ0n) is 12.5. The maximum Gasteiger partial charge on any atom is 0.240 e. The summed E-state index contributed by atoms with van der Waals surface area (Å²) in [6.45, 7) is 6.41. The van der Waals surface area contributed by atoms with Crippen molar-refractivity contribution in [2.24, 2.45) is 5.14 Å². The van der Waals surface area contributed by atoms with Crippen molar-refractivity contribution in [1.29, 1.82) is 0 Å².